The minimum absolute atomic E-state index is 0.216. The second-order valence-electron chi connectivity index (χ2n) is 5.37. The average Bonchev–Trinajstić information content (AvgIpc) is 3.13. The number of hydrogen-bond acceptors (Lipinski definition) is 4. The van der Waals surface area contributed by atoms with Crippen molar-refractivity contribution in [2.45, 2.75) is 13.5 Å². The van der Waals surface area contributed by atoms with Crippen molar-refractivity contribution in [3.8, 4) is 5.75 Å². The van der Waals surface area contributed by atoms with Gasteiger partial charge in [-0.1, -0.05) is 0 Å². The Morgan fingerprint density at radius 2 is 2.12 bits per heavy atom. The number of aromatic nitrogens is 1. The number of furan rings is 1. The van der Waals surface area contributed by atoms with Crippen molar-refractivity contribution in [1.82, 2.24) is 9.88 Å². The third kappa shape index (κ3) is 3.03. The molecule has 3 aromatic rings. The lowest BCUT2D eigenvalue weighted by Gasteiger charge is -2.19. The van der Waals surface area contributed by atoms with E-state index in [2.05, 4.69) is 4.98 Å². The minimum Gasteiger partial charge on any atom is -0.497 e. The minimum atomic E-state index is -0.239. The van der Waals surface area contributed by atoms with E-state index in [1.54, 1.807) is 36.3 Å². The van der Waals surface area contributed by atoms with E-state index in [-0.39, 0.29) is 23.8 Å². The molecule has 2 heterocycles. The Labute approximate surface area is 138 Å². The molecule has 0 fully saturated rings. The standard InChI is InChI=1S/C18H18N2O4/c1-3-20(18(22)16-5-4-8-24-16)11-13-9-12-6-7-14(23-2)10-15(12)19-17(13)21/h4-10H,3,11H2,1-2H3,(H,19,21). The van der Waals surface area contributed by atoms with Gasteiger partial charge in [0.15, 0.2) is 5.76 Å². The molecule has 0 atom stereocenters. The summed E-state index contributed by atoms with van der Waals surface area (Å²) in [7, 11) is 1.58. The number of nitrogens with zero attached hydrogens (tertiary/aromatic N) is 1. The molecule has 1 N–H and O–H groups in total. The van der Waals surface area contributed by atoms with Gasteiger partial charge in [0.05, 0.1) is 25.4 Å². The fraction of sp³-hybridized carbons (Fsp3) is 0.222. The topological polar surface area (TPSA) is 75.5 Å². The molecule has 0 radical (unpaired) electrons. The highest BCUT2D eigenvalue weighted by molar-refractivity contribution is 5.91. The van der Waals surface area contributed by atoms with Crippen LogP contribution in [0.2, 0.25) is 0 Å². The number of rotatable bonds is 5. The SMILES string of the molecule is CCN(Cc1cc2ccc(OC)cc2[nH]c1=O)C(=O)c1ccco1. The largest absolute Gasteiger partial charge is 0.497 e. The molecule has 1 aromatic carbocycles. The van der Waals surface area contributed by atoms with Crippen LogP contribution in [-0.4, -0.2) is 29.4 Å². The molecule has 2 aromatic heterocycles. The van der Waals surface area contributed by atoms with Crippen molar-refractivity contribution in [3.63, 3.8) is 0 Å². The van der Waals surface area contributed by atoms with Crippen LogP contribution in [0.5, 0.6) is 5.75 Å². The molecule has 0 saturated carbocycles. The first-order valence-electron chi connectivity index (χ1n) is 7.65. The molecular formula is C18H18N2O4. The summed E-state index contributed by atoms with van der Waals surface area (Å²) in [5.74, 6) is 0.699. The molecule has 0 aliphatic carbocycles. The number of nitrogens with one attached hydrogen (secondary N) is 1. The Bertz CT molecular complexity index is 912. The van der Waals surface area contributed by atoms with E-state index in [0.29, 0.717) is 23.4 Å². The summed E-state index contributed by atoms with van der Waals surface area (Å²) in [6.45, 7) is 2.55. The Balaban J connectivity index is 1.92. The van der Waals surface area contributed by atoms with Gasteiger partial charge in [0.25, 0.3) is 11.5 Å². The van der Waals surface area contributed by atoms with Gasteiger partial charge in [0.1, 0.15) is 5.75 Å². The van der Waals surface area contributed by atoms with E-state index in [9.17, 15) is 9.59 Å². The van der Waals surface area contributed by atoms with E-state index >= 15 is 0 Å². The molecule has 124 valence electrons. The fourth-order valence-corrected chi connectivity index (χ4v) is 2.56. The average molecular weight is 326 g/mol. The number of fused-ring (bicyclic) bond motifs is 1. The number of amides is 1. The molecule has 0 saturated heterocycles. The molecular weight excluding hydrogens is 308 g/mol. The zero-order valence-electron chi connectivity index (χ0n) is 13.5. The third-order valence-electron chi connectivity index (χ3n) is 3.89. The zero-order valence-corrected chi connectivity index (χ0v) is 13.5. The molecule has 0 bridgehead atoms. The molecule has 0 aliphatic rings. The van der Waals surface area contributed by atoms with Crippen LogP contribution in [0.15, 0.2) is 51.9 Å². The molecule has 0 unspecified atom stereocenters. The van der Waals surface area contributed by atoms with Crippen LogP contribution < -0.4 is 10.3 Å². The summed E-state index contributed by atoms with van der Waals surface area (Å²) in [6.07, 6.45) is 1.46. The molecule has 6 nitrogen and oxygen atoms in total. The molecule has 0 spiro atoms. The number of H-pyrrole nitrogens is 1. The second-order valence-corrected chi connectivity index (χ2v) is 5.37. The van der Waals surface area contributed by atoms with Gasteiger partial charge in [0.2, 0.25) is 0 Å². The normalized spacial score (nSPS) is 10.8. The lowest BCUT2D eigenvalue weighted by Crippen LogP contribution is -2.32. The molecule has 6 heteroatoms. The second kappa shape index (κ2) is 6.62. The Morgan fingerprint density at radius 3 is 2.79 bits per heavy atom. The first-order chi connectivity index (χ1) is 11.6. The highest BCUT2D eigenvalue weighted by atomic mass is 16.5. The van der Waals surface area contributed by atoms with Crippen molar-refractivity contribution >= 4 is 16.8 Å². The van der Waals surface area contributed by atoms with Gasteiger partial charge >= 0.3 is 0 Å². The smallest absolute Gasteiger partial charge is 0.289 e. The van der Waals surface area contributed by atoms with Crippen LogP contribution in [0.1, 0.15) is 23.0 Å². The van der Waals surface area contributed by atoms with Gasteiger partial charge in [-0.2, -0.15) is 0 Å². The lowest BCUT2D eigenvalue weighted by atomic mass is 10.1. The maximum Gasteiger partial charge on any atom is 0.289 e. The first kappa shape index (κ1) is 15.9. The zero-order chi connectivity index (χ0) is 17.1. The maximum atomic E-state index is 12.4. The van der Waals surface area contributed by atoms with Gasteiger partial charge < -0.3 is 19.0 Å². The lowest BCUT2D eigenvalue weighted by molar-refractivity contribution is 0.0720. The van der Waals surface area contributed by atoms with Gasteiger partial charge in [0, 0.05) is 18.2 Å². The highest BCUT2D eigenvalue weighted by Gasteiger charge is 2.18. The Morgan fingerprint density at radius 1 is 1.29 bits per heavy atom. The predicted molar refractivity (Wildman–Crippen MR) is 90.2 cm³/mol. The number of carbonyl (C=O) groups excluding carboxylic acids is 1. The van der Waals surface area contributed by atoms with Crippen LogP contribution in [0.4, 0.5) is 0 Å². The van der Waals surface area contributed by atoms with Crippen LogP contribution in [0.25, 0.3) is 10.9 Å². The molecule has 3 rings (SSSR count). The van der Waals surface area contributed by atoms with Crippen LogP contribution in [-0.2, 0) is 6.54 Å². The van der Waals surface area contributed by atoms with Crippen molar-refractivity contribution < 1.29 is 13.9 Å². The van der Waals surface area contributed by atoms with Crippen LogP contribution in [0.3, 0.4) is 0 Å². The highest BCUT2D eigenvalue weighted by Crippen LogP contribution is 2.19. The van der Waals surface area contributed by atoms with Gasteiger partial charge in [-0.15, -0.1) is 0 Å². The van der Waals surface area contributed by atoms with Crippen LogP contribution >= 0.6 is 0 Å². The number of ether oxygens (including phenoxy) is 1. The van der Waals surface area contributed by atoms with E-state index < -0.39 is 0 Å². The molecule has 0 aliphatic heterocycles. The van der Waals surface area contributed by atoms with E-state index in [0.717, 1.165) is 5.39 Å². The van der Waals surface area contributed by atoms with E-state index in [1.165, 1.54) is 6.26 Å². The quantitative estimate of drug-likeness (QED) is 0.782. The first-order valence-corrected chi connectivity index (χ1v) is 7.65. The van der Waals surface area contributed by atoms with Crippen LogP contribution in [0, 0.1) is 0 Å². The van der Waals surface area contributed by atoms with Gasteiger partial charge in [-0.3, -0.25) is 9.59 Å². The van der Waals surface area contributed by atoms with E-state index in [4.69, 9.17) is 9.15 Å². The predicted octanol–water partition coefficient (Wildman–Crippen LogP) is 2.79. The summed E-state index contributed by atoms with van der Waals surface area (Å²) in [6, 6.07) is 10.5. The number of carbonyl (C=O) groups is 1. The van der Waals surface area contributed by atoms with Gasteiger partial charge in [-0.25, -0.2) is 0 Å². The maximum absolute atomic E-state index is 12.4. The van der Waals surface area contributed by atoms with E-state index in [1.807, 2.05) is 19.1 Å². The number of benzene rings is 1. The summed E-state index contributed by atoms with van der Waals surface area (Å²) < 4.78 is 10.3. The summed E-state index contributed by atoms with van der Waals surface area (Å²) >= 11 is 0. The summed E-state index contributed by atoms with van der Waals surface area (Å²) in [5.41, 5.74) is 0.999. The van der Waals surface area contributed by atoms with Crippen molar-refractivity contribution in [2.24, 2.45) is 0 Å². The Kier molecular flexibility index (Phi) is 4.37. The van der Waals surface area contributed by atoms with Gasteiger partial charge in [-0.05, 0) is 42.6 Å². The Hall–Kier alpha value is -3.02. The number of pyridine rings is 1. The third-order valence-corrected chi connectivity index (χ3v) is 3.89. The van der Waals surface area contributed by atoms with Crippen molar-refractivity contribution in [3.05, 3.63) is 64.3 Å². The fourth-order valence-electron chi connectivity index (χ4n) is 2.56. The number of hydrogen-bond donors (Lipinski definition) is 1. The summed E-state index contributed by atoms with van der Waals surface area (Å²) in [4.78, 5) is 29.1. The van der Waals surface area contributed by atoms with Crippen molar-refractivity contribution in [2.75, 3.05) is 13.7 Å². The van der Waals surface area contributed by atoms with Crippen molar-refractivity contribution in [1.29, 1.82) is 0 Å². The molecule has 24 heavy (non-hydrogen) atoms. The number of aromatic amines is 1. The summed E-state index contributed by atoms with van der Waals surface area (Å²) in [5, 5.41) is 0.881. The number of methoxy groups -OCH3 is 1. The monoisotopic (exact) mass is 326 g/mol. The molecule has 1 amide bonds.